The first-order chi connectivity index (χ1) is 15.9. The Balaban J connectivity index is 0.000000362. The second kappa shape index (κ2) is 11.4. The maximum atomic E-state index is 12.7. The van der Waals surface area contributed by atoms with Gasteiger partial charge in [-0.2, -0.15) is 26.3 Å². The third-order valence-corrected chi connectivity index (χ3v) is 5.21. The van der Waals surface area contributed by atoms with E-state index in [1.807, 2.05) is 0 Å². The highest BCUT2D eigenvalue weighted by Gasteiger charge is 2.42. The smallest absolute Gasteiger partial charge is 0.405 e. The summed E-state index contributed by atoms with van der Waals surface area (Å²) in [7, 11) is 0. The van der Waals surface area contributed by atoms with Gasteiger partial charge in [0, 0.05) is 19.0 Å². The molecule has 0 fully saturated rings. The van der Waals surface area contributed by atoms with Crippen molar-refractivity contribution in [2.45, 2.75) is 32.0 Å². The molecule has 0 bridgehead atoms. The summed E-state index contributed by atoms with van der Waals surface area (Å²) in [6.07, 6.45) is -20.5. The van der Waals surface area contributed by atoms with Crippen LogP contribution in [0.2, 0.25) is 0 Å². The van der Waals surface area contributed by atoms with E-state index in [9.17, 15) is 57.5 Å². The van der Waals surface area contributed by atoms with Gasteiger partial charge < -0.3 is 9.47 Å². The Morgan fingerprint density at radius 2 is 1.00 bits per heavy atom. The van der Waals surface area contributed by atoms with Crippen LogP contribution < -0.4 is 9.47 Å². The molecule has 0 amide bonds. The lowest BCUT2D eigenvalue weighted by Gasteiger charge is -2.17. The van der Waals surface area contributed by atoms with Crippen LogP contribution in [-0.2, 0) is 12.4 Å². The lowest BCUT2D eigenvalue weighted by atomic mass is 10.1. The number of alkyl halides is 12. The van der Waals surface area contributed by atoms with E-state index in [0.29, 0.717) is 12.1 Å². The van der Waals surface area contributed by atoms with Gasteiger partial charge in [-0.05, 0) is 47.1 Å². The van der Waals surface area contributed by atoms with Gasteiger partial charge in [0.1, 0.15) is 22.6 Å². The van der Waals surface area contributed by atoms with Crippen molar-refractivity contribution in [1.82, 2.24) is 0 Å². The Bertz CT molecular complexity index is 1110. The average molecular weight is 739 g/mol. The summed E-state index contributed by atoms with van der Waals surface area (Å²) in [6.45, 7) is 1.01. The number of ether oxygens (including phenoxy) is 2. The van der Waals surface area contributed by atoms with Gasteiger partial charge in [0.15, 0.2) is 5.78 Å². The van der Waals surface area contributed by atoms with Gasteiger partial charge in [-0.15, -0.1) is 26.3 Å². The van der Waals surface area contributed by atoms with Crippen LogP contribution in [0.4, 0.5) is 52.7 Å². The Labute approximate surface area is 218 Å². The topological polar surface area (TPSA) is 35.5 Å². The summed E-state index contributed by atoms with van der Waals surface area (Å²) in [4.78, 5) is 11.0. The zero-order valence-corrected chi connectivity index (χ0v) is 21.5. The van der Waals surface area contributed by atoms with Gasteiger partial charge in [0.25, 0.3) is 0 Å². The van der Waals surface area contributed by atoms with Gasteiger partial charge >= 0.3 is 25.1 Å². The number of hydrogen-bond donors (Lipinski definition) is 0. The highest BCUT2D eigenvalue weighted by molar-refractivity contribution is 9.11. The molecule has 0 spiro atoms. The monoisotopic (exact) mass is 736 g/mol. The van der Waals surface area contributed by atoms with E-state index in [4.69, 9.17) is 0 Å². The minimum atomic E-state index is -5.30. The van der Waals surface area contributed by atoms with Crippen LogP contribution in [0.15, 0.2) is 37.7 Å². The fraction of sp³-hybridized carbons (Fsp3) is 0.278. The molecule has 0 saturated carbocycles. The van der Waals surface area contributed by atoms with Crippen molar-refractivity contribution in [2.24, 2.45) is 0 Å². The molecule has 0 atom stereocenters. The summed E-state index contributed by atoms with van der Waals surface area (Å²) in [6, 6.07) is 2.77. The van der Waals surface area contributed by atoms with Crippen molar-refractivity contribution in [3.63, 3.8) is 0 Å². The molecule has 0 aromatic heterocycles. The lowest BCUT2D eigenvalue weighted by Crippen LogP contribution is -2.21. The van der Waals surface area contributed by atoms with Gasteiger partial charge in [-0.3, -0.25) is 4.79 Å². The van der Waals surface area contributed by atoms with E-state index in [0.717, 1.165) is 19.1 Å². The average Bonchev–Trinajstić information content (AvgIpc) is 2.55. The third-order valence-electron chi connectivity index (χ3n) is 3.50. The molecule has 3 nitrogen and oxygen atoms in total. The van der Waals surface area contributed by atoms with Gasteiger partial charge in [0.2, 0.25) is 0 Å². The molecule has 0 radical (unpaired) electrons. The molecule has 18 heteroatoms. The zero-order chi connectivity index (χ0) is 28.4. The van der Waals surface area contributed by atoms with Crippen LogP contribution in [-0.4, -0.2) is 18.5 Å². The first-order valence-electron chi connectivity index (χ1n) is 8.41. The first-order valence-corrected chi connectivity index (χ1v) is 10.8. The van der Waals surface area contributed by atoms with E-state index in [2.05, 4.69) is 57.3 Å². The molecule has 0 aliphatic heterocycles. The molecular formula is C18H7Br3F12O3. The second-order valence-corrected chi connectivity index (χ2v) is 8.86. The quantitative estimate of drug-likeness (QED) is 0.233. The van der Waals surface area contributed by atoms with Gasteiger partial charge in [-0.25, -0.2) is 0 Å². The Kier molecular flexibility index (Phi) is 10.2. The molecule has 0 heterocycles. The van der Waals surface area contributed by atoms with Crippen molar-refractivity contribution < 1.29 is 67.0 Å². The summed E-state index contributed by atoms with van der Waals surface area (Å²) >= 11 is 7.81. The predicted molar refractivity (Wildman–Crippen MR) is 109 cm³/mol. The SMILES string of the molecule is CC(=O)c1cc(Br)c(C(F)(F)F)c(OC(F)(F)F)c1.FC(F)(F)Oc1cc(Br)cc(Br)c1C(F)(F)F. The van der Waals surface area contributed by atoms with E-state index in [1.54, 1.807) is 0 Å². The molecule has 0 N–H and O–H groups in total. The van der Waals surface area contributed by atoms with E-state index in [1.165, 1.54) is 0 Å². The summed E-state index contributed by atoms with van der Waals surface area (Å²) < 4.78 is 153. The largest absolute Gasteiger partial charge is 0.573 e. The van der Waals surface area contributed by atoms with Gasteiger partial charge in [0.05, 0.1) is 0 Å². The highest BCUT2D eigenvalue weighted by Crippen LogP contribution is 2.45. The molecule has 0 unspecified atom stereocenters. The summed E-state index contributed by atoms with van der Waals surface area (Å²) in [5.74, 6) is -3.48. The maximum Gasteiger partial charge on any atom is 0.573 e. The Morgan fingerprint density at radius 1 is 0.639 bits per heavy atom. The van der Waals surface area contributed by atoms with E-state index < -0.39 is 62.4 Å². The van der Waals surface area contributed by atoms with E-state index >= 15 is 0 Å². The van der Waals surface area contributed by atoms with Crippen LogP contribution in [0.25, 0.3) is 0 Å². The minimum absolute atomic E-state index is 0.0247. The Morgan fingerprint density at radius 3 is 1.33 bits per heavy atom. The van der Waals surface area contributed by atoms with Crippen molar-refractivity contribution in [2.75, 3.05) is 0 Å². The van der Waals surface area contributed by atoms with Crippen molar-refractivity contribution in [3.05, 3.63) is 54.4 Å². The van der Waals surface area contributed by atoms with Crippen molar-refractivity contribution in [3.8, 4) is 11.5 Å². The van der Waals surface area contributed by atoms with Crippen LogP contribution in [0.3, 0.4) is 0 Å². The molecular weight excluding hydrogens is 732 g/mol. The van der Waals surface area contributed by atoms with Crippen LogP contribution >= 0.6 is 47.8 Å². The van der Waals surface area contributed by atoms with Crippen LogP contribution in [0, 0.1) is 0 Å². The predicted octanol–water partition coefficient (Wildman–Crippen LogP) is 9.70. The second-order valence-electron chi connectivity index (χ2n) is 6.24. The van der Waals surface area contributed by atoms with Crippen molar-refractivity contribution in [1.29, 1.82) is 0 Å². The summed E-state index contributed by atoms with van der Waals surface area (Å²) in [5, 5.41) is 0. The van der Waals surface area contributed by atoms with Crippen LogP contribution in [0.1, 0.15) is 28.4 Å². The molecule has 0 aliphatic rings. The molecule has 202 valence electrons. The number of halogens is 15. The standard InChI is InChI=1S/C10H5BrF6O2.C8H2Br2F6O/c1-4(18)5-2-6(11)8(9(12,13)14)7(3-5)19-10(15,16)17;9-3-1-4(10)6(7(11,12)13)5(2-3)17-8(14,15)16/h2-3H,1H3;1-2H. The number of benzene rings is 2. The molecule has 36 heavy (non-hydrogen) atoms. The van der Waals surface area contributed by atoms with Gasteiger partial charge in [-0.1, -0.05) is 31.9 Å². The normalized spacial score (nSPS) is 12.6. The first kappa shape index (κ1) is 32.3. The number of Topliss-reactive ketones (excluding diaryl/α,β-unsaturated/α-hetero) is 1. The lowest BCUT2D eigenvalue weighted by molar-refractivity contribution is -0.277. The molecule has 2 aromatic carbocycles. The fourth-order valence-electron chi connectivity index (χ4n) is 2.30. The Hall–Kier alpha value is -1.69. The number of carbonyl (C=O) groups excluding carboxylic acids is 1. The van der Waals surface area contributed by atoms with Crippen molar-refractivity contribution >= 4 is 53.6 Å². The number of rotatable bonds is 3. The van der Waals surface area contributed by atoms with Crippen LogP contribution in [0.5, 0.6) is 11.5 Å². The molecule has 0 aliphatic carbocycles. The number of ketones is 1. The van der Waals surface area contributed by atoms with E-state index in [-0.39, 0.29) is 10.0 Å². The highest BCUT2D eigenvalue weighted by atomic mass is 79.9. The molecule has 2 aromatic rings. The minimum Gasteiger partial charge on any atom is -0.405 e. The number of hydrogen-bond acceptors (Lipinski definition) is 3. The number of carbonyl (C=O) groups is 1. The summed E-state index contributed by atoms with van der Waals surface area (Å²) in [5.41, 5.74) is -3.48. The molecule has 0 saturated heterocycles. The molecule has 2 rings (SSSR count). The third kappa shape index (κ3) is 9.99. The fourth-order valence-corrected chi connectivity index (χ4v) is 4.37. The zero-order valence-electron chi connectivity index (χ0n) is 16.7. The maximum absolute atomic E-state index is 12.7.